The highest BCUT2D eigenvalue weighted by molar-refractivity contribution is 9.10. The molecule has 0 amide bonds. The van der Waals surface area contributed by atoms with Gasteiger partial charge in [0.2, 0.25) is 0 Å². The standard InChI is InChI=1S/C11H10BrF3O2/c1-17-10-8(11(13,14)15)5-7(3-2-4-16)6-9(10)12/h4-6H,2-3H2,1H3. The van der Waals surface area contributed by atoms with Crippen LogP contribution in [-0.4, -0.2) is 13.4 Å². The number of aldehydes is 1. The lowest BCUT2D eigenvalue weighted by atomic mass is 10.1. The van der Waals surface area contributed by atoms with Gasteiger partial charge in [-0.2, -0.15) is 13.2 Å². The van der Waals surface area contributed by atoms with Crippen molar-refractivity contribution in [1.82, 2.24) is 0 Å². The Morgan fingerprint density at radius 3 is 2.53 bits per heavy atom. The third-order valence-corrected chi connectivity index (χ3v) is 2.75. The fraction of sp³-hybridized carbons (Fsp3) is 0.364. The van der Waals surface area contributed by atoms with Crippen LogP contribution >= 0.6 is 15.9 Å². The largest absolute Gasteiger partial charge is 0.495 e. The molecule has 6 heteroatoms. The van der Waals surface area contributed by atoms with Crippen LogP contribution in [0.3, 0.4) is 0 Å². The lowest BCUT2D eigenvalue weighted by molar-refractivity contribution is -0.138. The Morgan fingerprint density at radius 1 is 1.41 bits per heavy atom. The van der Waals surface area contributed by atoms with Gasteiger partial charge in [-0.3, -0.25) is 0 Å². The molecule has 0 aliphatic rings. The highest BCUT2D eigenvalue weighted by Gasteiger charge is 2.35. The topological polar surface area (TPSA) is 26.3 Å². The van der Waals surface area contributed by atoms with Crippen molar-refractivity contribution >= 4 is 22.2 Å². The summed E-state index contributed by atoms with van der Waals surface area (Å²) in [5, 5.41) is 0. The molecule has 1 rings (SSSR count). The quantitative estimate of drug-likeness (QED) is 0.794. The van der Waals surface area contributed by atoms with E-state index in [4.69, 9.17) is 4.74 Å². The van der Waals surface area contributed by atoms with Crippen LogP contribution in [0.2, 0.25) is 0 Å². The third-order valence-electron chi connectivity index (χ3n) is 2.16. The first-order chi connectivity index (χ1) is 7.90. The summed E-state index contributed by atoms with van der Waals surface area (Å²) in [6, 6.07) is 2.53. The molecular weight excluding hydrogens is 301 g/mol. The molecule has 0 spiro atoms. The van der Waals surface area contributed by atoms with Gasteiger partial charge < -0.3 is 9.53 Å². The first-order valence-electron chi connectivity index (χ1n) is 4.77. The van der Waals surface area contributed by atoms with E-state index >= 15 is 0 Å². The zero-order valence-electron chi connectivity index (χ0n) is 8.97. The molecule has 0 saturated heterocycles. The maximum atomic E-state index is 12.7. The van der Waals surface area contributed by atoms with Gasteiger partial charge >= 0.3 is 6.18 Å². The summed E-state index contributed by atoms with van der Waals surface area (Å²) in [6.07, 6.45) is -3.35. The number of aryl methyl sites for hydroxylation is 1. The first-order valence-corrected chi connectivity index (χ1v) is 5.56. The number of rotatable bonds is 4. The molecule has 0 saturated carbocycles. The first kappa shape index (κ1) is 14.0. The van der Waals surface area contributed by atoms with Gasteiger partial charge in [0.1, 0.15) is 12.0 Å². The fourth-order valence-corrected chi connectivity index (χ4v) is 2.11. The molecule has 0 aromatic heterocycles. The maximum Gasteiger partial charge on any atom is 0.420 e. The molecular formula is C11H10BrF3O2. The molecule has 1 aromatic rings. The van der Waals surface area contributed by atoms with E-state index in [1.54, 1.807) is 0 Å². The maximum absolute atomic E-state index is 12.7. The van der Waals surface area contributed by atoms with E-state index in [0.29, 0.717) is 11.8 Å². The number of methoxy groups -OCH3 is 1. The molecule has 0 aliphatic heterocycles. The predicted molar refractivity (Wildman–Crippen MR) is 60.1 cm³/mol. The Morgan fingerprint density at radius 2 is 2.06 bits per heavy atom. The number of benzene rings is 1. The van der Waals surface area contributed by atoms with Gasteiger partial charge in [0.25, 0.3) is 0 Å². The Hall–Kier alpha value is -1.04. The van der Waals surface area contributed by atoms with Crippen LogP contribution in [0.5, 0.6) is 5.75 Å². The minimum Gasteiger partial charge on any atom is -0.495 e. The number of halogens is 4. The minimum absolute atomic E-state index is 0.191. The minimum atomic E-state index is -4.48. The second kappa shape index (κ2) is 5.53. The van der Waals surface area contributed by atoms with Crippen LogP contribution in [0.4, 0.5) is 13.2 Å². The Kier molecular flexibility index (Phi) is 4.56. The van der Waals surface area contributed by atoms with Crippen LogP contribution in [-0.2, 0) is 17.4 Å². The third kappa shape index (κ3) is 3.46. The Labute approximate surface area is 105 Å². The second-order valence-corrected chi connectivity index (χ2v) is 4.22. The molecule has 94 valence electrons. The van der Waals surface area contributed by atoms with E-state index in [2.05, 4.69) is 15.9 Å². The molecule has 17 heavy (non-hydrogen) atoms. The van der Waals surface area contributed by atoms with Crippen molar-refractivity contribution in [2.45, 2.75) is 19.0 Å². The summed E-state index contributed by atoms with van der Waals surface area (Å²) >= 11 is 3.03. The van der Waals surface area contributed by atoms with Crippen molar-refractivity contribution in [1.29, 1.82) is 0 Å². The summed E-state index contributed by atoms with van der Waals surface area (Å²) in [5.41, 5.74) is -0.396. The summed E-state index contributed by atoms with van der Waals surface area (Å²) in [6.45, 7) is 0. The average Bonchev–Trinajstić information content (AvgIpc) is 2.24. The number of alkyl halides is 3. The van der Waals surface area contributed by atoms with Crippen LogP contribution in [0.1, 0.15) is 17.5 Å². The second-order valence-electron chi connectivity index (χ2n) is 3.36. The van der Waals surface area contributed by atoms with E-state index in [9.17, 15) is 18.0 Å². The molecule has 0 heterocycles. The summed E-state index contributed by atoms with van der Waals surface area (Å²) in [5.74, 6) is -0.243. The van der Waals surface area contributed by atoms with Gasteiger partial charge in [-0.25, -0.2) is 0 Å². The van der Waals surface area contributed by atoms with Crippen LogP contribution < -0.4 is 4.74 Å². The van der Waals surface area contributed by atoms with E-state index in [1.807, 2.05) is 0 Å². The Bertz CT molecular complexity index is 416. The average molecular weight is 311 g/mol. The monoisotopic (exact) mass is 310 g/mol. The van der Waals surface area contributed by atoms with Gasteiger partial charge in [-0.05, 0) is 40.0 Å². The molecule has 0 radical (unpaired) electrons. The molecule has 0 atom stereocenters. The van der Waals surface area contributed by atoms with Crippen molar-refractivity contribution in [3.63, 3.8) is 0 Å². The highest BCUT2D eigenvalue weighted by atomic mass is 79.9. The van der Waals surface area contributed by atoms with E-state index in [1.165, 1.54) is 13.2 Å². The van der Waals surface area contributed by atoms with Crippen molar-refractivity contribution in [2.24, 2.45) is 0 Å². The molecule has 0 fully saturated rings. The molecule has 1 aromatic carbocycles. The lowest BCUT2D eigenvalue weighted by Crippen LogP contribution is -2.09. The number of carbonyl (C=O) groups is 1. The van der Waals surface area contributed by atoms with E-state index < -0.39 is 11.7 Å². The summed E-state index contributed by atoms with van der Waals surface area (Å²) < 4.78 is 43.2. The molecule has 2 nitrogen and oxygen atoms in total. The zero-order valence-corrected chi connectivity index (χ0v) is 10.6. The molecule has 0 N–H and O–H groups in total. The van der Waals surface area contributed by atoms with Crippen molar-refractivity contribution in [2.75, 3.05) is 7.11 Å². The van der Waals surface area contributed by atoms with Crippen LogP contribution in [0, 0.1) is 0 Å². The van der Waals surface area contributed by atoms with Gasteiger partial charge in [0.05, 0.1) is 17.1 Å². The number of hydrogen-bond donors (Lipinski definition) is 0. The van der Waals surface area contributed by atoms with Crippen LogP contribution in [0.15, 0.2) is 16.6 Å². The van der Waals surface area contributed by atoms with E-state index in [0.717, 1.165) is 6.07 Å². The fourth-order valence-electron chi connectivity index (χ4n) is 1.44. The van der Waals surface area contributed by atoms with Crippen molar-refractivity contribution in [3.8, 4) is 5.75 Å². The lowest BCUT2D eigenvalue weighted by Gasteiger charge is -2.15. The predicted octanol–water partition coefficient (Wildman–Crippen LogP) is 3.61. The van der Waals surface area contributed by atoms with Gasteiger partial charge in [-0.1, -0.05) is 0 Å². The van der Waals surface area contributed by atoms with Gasteiger partial charge in [0.15, 0.2) is 0 Å². The van der Waals surface area contributed by atoms with Crippen molar-refractivity contribution in [3.05, 3.63) is 27.7 Å². The number of ether oxygens (including phenoxy) is 1. The van der Waals surface area contributed by atoms with Gasteiger partial charge in [0, 0.05) is 6.42 Å². The molecule has 0 aliphatic carbocycles. The number of carbonyl (C=O) groups excluding carboxylic acids is 1. The Balaban J connectivity index is 3.24. The summed E-state index contributed by atoms with van der Waals surface area (Å²) in [4.78, 5) is 10.2. The van der Waals surface area contributed by atoms with Gasteiger partial charge in [-0.15, -0.1) is 0 Å². The van der Waals surface area contributed by atoms with E-state index in [-0.39, 0.29) is 23.1 Å². The normalized spacial score (nSPS) is 11.4. The highest BCUT2D eigenvalue weighted by Crippen LogP contribution is 2.41. The smallest absolute Gasteiger partial charge is 0.420 e. The van der Waals surface area contributed by atoms with Crippen LogP contribution in [0.25, 0.3) is 0 Å². The van der Waals surface area contributed by atoms with Crippen molar-refractivity contribution < 1.29 is 22.7 Å². The molecule has 0 unspecified atom stereocenters. The SMILES string of the molecule is COc1c(Br)cc(CCC=O)cc1C(F)(F)F. The molecule has 0 bridgehead atoms. The summed E-state index contributed by atoms with van der Waals surface area (Å²) in [7, 11) is 1.18. The number of hydrogen-bond acceptors (Lipinski definition) is 2. The zero-order chi connectivity index (χ0) is 13.1.